The van der Waals surface area contributed by atoms with E-state index >= 15 is 0 Å². The van der Waals surface area contributed by atoms with Gasteiger partial charge >= 0.3 is 6.03 Å². The monoisotopic (exact) mass is 415 g/mol. The summed E-state index contributed by atoms with van der Waals surface area (Å²) in [6.07, 6.45) is 1.98. The van der Waals surface area contributed by atoms with Gasteiger partial charge in [0.15, 0.2) is 0 Å². The second-order valence-electron chi connectivity index (χ2n) is 7.84. The third kappa shape index (κ3) is 5.58. The summed E-state index contributed by atoms with van der Waals surface area (Å²) in [6, 6.07) is 13.9. The Balaban J connectivity index is 1.74. The van der Waals surface area contributed by atoms with Crippen molar-refractivity contribution in [2.75, 3.05) is 40.3 Å². The number of carbonyl (C=O) groups excluding carboxylic acids is 1. The van der Waals surface area contributed by atoms with Crippen LogP contribution in [0.25, 0.3) is 10.8 Å². The molecule has 1 aliphatic heterocycles. The summed E-state index contributed by atoms with van der Waals surface area (Å²) in [5, 5.41) is 5.11. The van der Waals surface area contributed by atoms with Crippen LogP contribution in [0.4, 0.5) is 4.79 Å². The lowest BCUT2D eigenvalue weighted by Gasteiger charge is -2.33. The molecule has 6 nitrogen and oxygen atoms in total. The molecular weight excluding hydrogens is 386 g/mol. The molecule has 2 aromatic carbocycles. The maximum absolute atomic E-state index is 12.5. The number of nitrogens with zero attached hydrogens (tertiary/aromatic N) is 2. The van der Waals surface area contributed by atoms with Gasteiger partial charge < -0.3 is 15.1 Å². The number of rotatable bonds is 6. The van der Waals surface area contributed by atoms with Gasteiger partial charge in [-0.05, 0) is 43.3 Å². The van der Waals surface area contributed by atoms with E-state index in [9.17, 15) is 13.2 Å². The highest BCUT2D eigenvalue weighted by Crippen LogP contribution is 2.24. The number of urea groups is 1. The van der Waals surface area contributed by atoms with Crippen LogP contribution >= 0.6 is 0 Å². The zero-order valence-corrected chi connectivity index (χ0v) is 17.9. The summed E-state index contributed by atoms with van der Waals surface area (Å²) in [6.45, 7) is 2.46. The van der Waals surface area contributed by atoms with Crippen molar-refractivity contribution in [1.82, 2.24) is 15.1 Å². The predicted octanol–water partition coefficient (Wildman–Crippen LogP) is 2.42. The van der Waals surface area contributed by atoms with E-state index in [0.29, 0.717) is 30.9 Å². The van der Waals surface area contributed by atoms with Crippen molar-refractivity contribution in [3.05, 3.63) is 48.0 Å². The van der Waals surface area contributed by atoms with E-state index in [1.54, 1.807) is 4.90 Å². The summed E-state index contributed by atoms with van der Waals surface area (Å²) in [7, 11) is 1.64. The first kappa shape index (κ1) is 21.3. The fourth-order valence-corrected chi connectivity index (χ4v) is 4.63. The molecule has 1 atom stereocenters. The van der Waals surface area contributed by atoms with Crippen molar-refractivity contribution >= 4 is 32.0 Å². The van der Waals surface area contributed by atoms with Crippen LogP contribution in [0.3, 0.4) is 0 Å². The molecule has 1 fully saturated rings. The maximum Gasteiger partial charge on any atom is 0.317 e. The summed E-state index contributed by atoms with van der Waals surface area (Å²) < 4.78 is 24.2. The van der Waals surface area contributed by atoms with Gasteiger partial charge in [0.1, 0.15) is 0 Å². The van der Waals surface area contributed by atoms with Gasteiger partial charge in [-0.1, -0.05) is 42.5 Å². The number of carbonyl (C=O) groups is 1. The minimum atomic E-state index is -2.28. The molecule has 2 amide bonds. The Morgan fingerprint density at radius 2 is 1.93 bits per heavy atom. The quantitative estimate of drug-likeness (QED) is 0.736. The second-order valence-corrected chi connectivity index (χ2v) is 8.83. The maximum atomic E-state index is 12.5. The van der Waals surface area contributed by atoms with Crippen LogP contribution in [0.1, 0.15) is 18.4 Å². The molecule has 0 bridgehead atoms. The molecule has 1 unspecified atom stereocenters. The average molecular weight is 416 g/mol. The summed E-state index contributed by atoms with van der Waals surface area (Å²) in [5.41, 5.74) is 1.01. The number of benzene rings is 2. The van der Waals surface area contributed by atoms with Crippen LogP contribution in [-0.4, -0.2) is 69.4 Å². The Bertz CT molecular complexity index is 988. The summed E-state index contributed by atoms with van der Waals surface area (Å²) in [5.74, 6) is -0.138. The highest BCUT2D eigenvalue weighted by atomic mass is 32.2. The molecule has 1 aliphatic rings. The van der Waals surface area contributed by atoms with Gasteiger partial charge in [-0.3, -0.25) is 0 Å². The van der Waals surface area contributed by atoms with Crippen molar-refractivity contribution in [2.45, 2.75) is 19.3 Å². The van der Waals surface area contributed by atoms with Crippen LogP contribution in [0.2, 0.25) is 0 Å². The van der Waals surface area contributed by atoms with Gasteiger partial charge in [-0.25, -0.2) is 4.79 Å². The van der Waals surface area contributed by atoms with Crippen molar-refractivity contribution in [3.8, 4) is 0 Å². The first-order valence-electron chi connectivity index (χ1n) is 10.0. The Kier molecular flexibility index (Phi) is 7.28. The second kappa shape index (κ2) is 9.89. The van der Waals surface area contributed by atoms with Crippen molar-refractivity contribution < 1.29 is 13.2 Å². The molecule has 29 heavy (non-hydrogen) atoms. The molecule has 3 rings (SSSR count). The molecule has 0 spiro atoms. The van der Waals surface area contributed by atoms with Gasteiger partial charge in [0.25, 0.3) is 0 Å². The van der Waals surface area contributed by atoms with Gasteiger partial charge in [0.2, 0.25) is 10.3 Å². The molecular formula is C22H29N3O3S. The molecule has 2 aromatic rings. The minimum Gasteiger partial charge on any atom is -0.337 e. The van der Waals surface area contributed by atoms with Crippen molar-refractivity contribution in [2.24, 2.45) is 5.92 Å². The molecule has 1 heterocycles. The van der Waals surface area contributed by atoms with Crippen LogP contribution in [0, 0.1) is 5.92 Å². The molecule has 0 aromatic heterocycles. The van der Waals surface area contributed by atoms with Crippen molar-refractivity contribution in [1.29, 1.82) is 0 Å². The number of hydrogen-bond acceptors (Lipinski definition) is 4. The van der Waals surface area contributed by atoms with E-state index in [1.807, 2.05) is 61.5 Å². The third-order valence-corrected chi connectivity index (χ3v) is 6.36. The standard InChI is InChI=1S/C22H29N3O3S/c1-24(2)14-12-23-22(26)25-13-6-10-19(16-25)21(29(27)28)15-18-9-5-8-17-7-3-4-11-20(17)18/h3-5,7-9,11,19H,6,10,12-16H2,1-2H3,(H,23,26). The number of amides is 2. The highest BCUT2D eigenvalue weighted by molar-refractivity contribution is 7.73. The van der Waals surface area contributed by atoms with E-state index < -0.39 is 10.3 Å². The van der Waals surface area contributed by atoms with Crippen LogP contribution in [0.5, 0.6) is 0 Å². The first-order valence-corrected chi connectivity index (χ1v) is 11.1. The summed E-state index contributed by atoms with van der Waals surface area (Å²) >= 11 is 0. The Morgan fingerprint density at radius 1 is 1.17 bits per heavy atom. The van der Waals surface area contributed by atoms with Crippen LogP contribution < -0.4 is 5.32 Å². The van der Waals surface area contributed by atoms with Crippen molar-refractivity contribution in [3.63, 3.8) is 0 Å². The summed E-state index contributed by atoms with van der Waals surface area (Å²) in [4.78, 5) is 16.7. The van der Waals surface area contributed by atoms with E-state index in [2.05, 4.69) is 5.32 Å². The molecule has 1 saturated heterocycles. The van der Waals surface area contributed by atoms with Crippen LogP contribution in [-0.2, 0) is 16.7 Å². The largest absolute Gasteiger partial charge is 0.337 e. The van der Waals surface area contributed by atoms with Gasteiger partial charge in [-0.15, -0.1) is 0 Å². The van der Waals surface area contributed by atoms with E-state index in [1.165, 1.54) is 0 Å². The molecule has 0 saturated carbocycles. The molecule has 1 N–H and O–H groups in total. The fourth-order valence-electron chi connectivity index (χ4n) is 3.90. The number of nitrogens with one attached hydrogen (secondary N) is 1. The highest BCUT2D eigenvalue weighted by Gasteiger charge is 2.28. The van der Waals surface area contributed by atoms with Gasteiger partial charge in [0, 0.05) is 38.5 Å². The Labute approximate surface area is 174 Å². The fraction of sp³-hybridized carbons (Fsp3) is 0.455. The Morgan fingerprint density at radius 3 is 2.69 bits per heavy atom. The molecule has 0 radical (unpaired) electrons. The van der Waals surface area contributed by atoms with E-state index in [0.717, 1.165) is 35.7 Å². The number of hydrogen-bond donors (Lipinski definition) is 1. The third-order valence-electron chi connectivity index (χ3n) is 5.46. The topological polar surface area (TPSA) is 69.7 Å². The lowest BCUT2D eigenvalue weighted by Crippen LogP contribution is -2.48. The number of piperidine rings is 1. The van der Waals surface area contributed by atoms with E-state index in [-0.39, 0.29) is 11.9 Å². The smallest absolute Gasteiger partial charge is 0.317 e. The van der Waals surface area contributed by atoms with Gasteiger partial charge in [0.05, 0.1) is 4.86 Å². The first-order chi connectivity index (χ1) is 14.0. The lowest BCUT2D eigenvalue weighted by molar-refractivity contribution is 0.177. The minimum absolute atomic E-state index is 0.113. The molecule has 7 heteroatoms. The van der Waals surface area contributed by atoms with Gasteiger partial charge in [-0.2, -0.15) is 8.42 Å². The molecule has 156 valence electrons. The predicted molar refractivity (Wildman–Crippen MR) is 118 cm³/mol. The Hall–Kier alpha value is -2.38. The SMILES string of the molecule is CN(C)CCNC(=O)N1CCCC(C(Cc2cccc3ccccc23)=S(=O)=O)C1. The number of likely N-dealkylation sites (tertiary alicyclic amines) is 1. The zero-order chi connectivity index (χ0) is 20.8. The molecule has 0 aliphatic carbocycles. The average Bonchev–Trinajstić information content (AvgIpc) is 2.71. The number of fused-ring (bicyclic) bond motifs is 1. The lowest BCUT2D eigenvalue weighted by atomic mass is 9.90. The number of likely N-dealkylation sites (N-methyl/N-ethyl adjacent to an activating group) is 1. The normalized spacial score (nSPS) is 16.8. The van der Waals surface area contributed by atoms with Crippen LogP contribution in [0.15, 0.2) is 42.5 Å². The van der Waals surface area contributed by atoms with E-state index in [4.69, 9.17) is 0 Å². The zero-order valence-electron chi connectivity index (χ0n) is 17.1.